The second kappa shape index (κ2) is 9.15. The van der Waals surface area contributed by atoms with Crippen molar-refractivity contribution in [2.24, 2.45) is 0 Å². The van der Waals surface area contributed by atoms with Gasteiger partial charge in [-0.3, -0.25) is 9.80 Å². The van der Waals surface area contributed by atoms with Crippen LogP contribution in [0.2, 0.25) is 0 Å². The van der Waals surface area contributed by atoms with Crippen molar-refractivity contribution < 1.29 is 0 Å². The summed E-state index contributed by atoms with van der Waals surface area (Å²) < 4.78 is 0. The summed E-state index contributed by atoms with van der Waals surface area (Å²) in [7, 11) is 0. The minimum absolute atomic E-state index is 0.168. The Morgan fingerprint density at radius 1 is 0.500 bits per heavy atom. The molecule has 1 fully saturated rings. The Hall–Kier alpha value is -0.240. The van der Waals surface area contributed by atoms with Gasteiger partial charge in [-0.1, -0.05) is 0 Å². The SMILES string of the molecule is CC(C)(C)N1CNCCNCN(C(C)(C)C)CNCCNC1. The first-order valence-corrected chi connectivity index (χ1v) is 8.54. The van der Waals surface area contributed by atoms with E-state index in [-0.39, 0.29) is 11.1 Å². The van der Waals surface area contributed by atoms with Crippen LogP contribution in [0.15, 0.2) is 0 Å². The molecule has 0 aromatic carbocycles. The van der Waals surface area contributed by atoms with Crippen LogP contribution >= 0.6 is 0 Å². The number of rotatable bonds is 0. The summed E-state index contributed by atoms with van der Waals surface area (Å²) in [5.74, 6) is 0. The minimum Gasteiger partial charge on any atom is -0.303 e. The van der Waals surface area contributed by atoms with E-state index in [0.29, 0.717) is 0 Å². The van der Waals surface area contributed by atoms with Gasteiger partial charge in [-0.05, 0) is 41.5 Å². The van der Waals surface area contributed by atoms with Gasteiger partial charge in [0.2, 0.25) is 0 Å². The van der Waals surface area contributed by atoms with Crippen LogP contribution < -0.4 is 21.3 Å². The Morgan fingerprint density at radius 2 is 0.727 bits per heavy atom. The average Bonchev–Trinajstić information content (AvgIpc) is 2.38. The molecule has 0 unspecified atom stereocenters. The third-order valence-electron chi connectivity index (χ3n) is 4.07. The molecule has 1 rings (SSSR count). The maximum atomic E-state index is 3.54. The quantitative estimate of drug-likeness (QED) is 0.519. The molecule has 0 aromatic rings. The molecule has 132 valence electrons. The van der Waals surface area contributed by atoms with Crippen LogP contribution in [-0.2, 0) is 0 Å². The van der Waals surface area contributed by atoms with E-state index >= 15 is 0 Å². The van der Waals surface area contributed by atoms with Gasteiger partial charge in [-0.2, -0.15) is 0 Å². The molecule has 0 spiro atoms. The highest BCUT2D eigenvalue weighted by Gasteiger charge is 2.21. The van der Waals surface area contributed by atoms with Crippen LogP contribution in [0.5, 0.6) is 0 Å². The minimum atomic E-state index is 0.168. The van der Waals surface area contributed by atoms with E-state index in [4.69, 9.17) is 0 Å². The van der Waals surface area contributed by atoms with Crippen LogP contribution in [0.25, 0.3) is 0 Å². The van der Waals surface area contributed by atoms with E-state index in [1.54, 1.807) is 0 Å². The molecule has 4 N–H and O–H groups in total. The zero-order valence-corrected chi connectivity index (χ0v) is 15.6. The topological polar surface area (TPSA) is 54.6 Å². The van der Waals surface area contributed by atoms with Crippen LogP contribution in [0.3, 0.4) is 0 Å². The van der Waals surface area contributed by atoms with Crippen LogP contribution in [0.1, 0.15) is 41.5 Å². The van der Waals surface area contributed by atoms with Gasteiger partial charge >= 0.3 is 0 Å². The largest absolute Gasteiger partial charge is 0.303 e. The van der Waals surface area contributed by atoms with E-state index in [9.17, 15) is 0 Å². The summed E-state index contributed by atoms with van der Waals surface area (Å²) in [5, 5.41) is 14.2. The van der Waals surface area contributed by atoms with Gasteiger partial charge in [0.25, 0.3) is 0 Å². The molecule has 0 bridgehead atoms. The van der Waals surface area contributed by atoms with Gasteiger partial charge in [-0.15, -0.1) is 0 Å². The van der Waals surface area contributed by atoms with Crippen molar-refractivity contribution >= 4 is 0 Å². The van der Waals surface area contributed by atoms with Crippen molar-refractivity contribution in [2.75, 3.05) is 52.9 Å². The number of nitrogens with one attached hydrogen (secondary N) is 4. The normalized spacial score (nSPS) is 23.2. The highest BCUT2D eigenvalue weighted by molar-refractivity contribution is 4.77. The second-order valence-corrected chi connectivity index (χ2v) is 8.05. The lowest BCUT2D eigenvalue weighted by Gasteiger charge is -2.37. The van der Waals surface area contributed by atoms with E-state index in [2.05, 4.69) is 72.6 Å². The molecular weight excluding hydrogens is 276 g/mol. The van der Waals surface area contributed by atoms with Crippen molar-refractivity contribution in [1.29, 1.82) is 0 Å². The van der Waals surface area contributed by atoms with Crippen molar-refractivity contribution in [3.05, 3.63) is 0 Å². The zero-order valence-electron chi connectivity index (χ0n) is 15.6. The van der Waals surface area contributed by atoms with Crippen molar-refractivity contribution in [3.8, 4) is 0 Å². The Balaban J connectivity index is 2.49. The molecular formula is C16H38N6. The van der Waals surface area contributed by atoms with Crippen LogP contribution in [-0.4, -0.2) is 73.7 Å². The van der Waals surface area contributed by atoms with E-state index in [1.807, 2.05) is 0 Å². The molecule has 1 saturated heterocycles. The molecule has 0 atom stereocenters. The predicted molar refractivity (Wildman–Crippen MR) is 94.7 cm³/mol. The number of nitrogens with zero attached hydrogens (tertiary/aromatic N) is 2. The Bertz CT molecular complexity index is 248. The fourth-order valence-corrected chi connectivity index (χ4v) is 2.27. The molecule has 0 aromatic heterocycles. The van der Waals surface area contributed by atoms with Gasteiger partial charge < -0.3 is 21.3 Å². The third-order valence-corrected chi connectivity index (χ3v) is 4.07. The fraction of sp³-hybridized carbons (Fsp3) is 1.00. The molecule has 6 nitrogen and oxygen atoms in total. The molecule has 1 heterocycles. The molecule has 6 heteroatoms. The standard InChI is InChI=1S/C16H38N6/c1-15(2,3)21-11-17-7-9-19-13-22(16(4,5)6)14-20-10-8-18-12-21/h17-20H,7-14H2,1-6H3. The van der Waals surface area contributed by atoms with E-state index < -0.39 is 0 Å². The lowest BCUT2D eigenvalue weighted by molar-refractivity contribution is 0.102. The van der Waals surface area contributed by atoms with Crippen molar-refractivity contribution in [1.82, 2.24) is 31.1 Å². The summed E-state index contributed by atoms with van der Waals surface area (Å²) in [6.07, 6.45) is 0. The summed E-state index contributed by atoms with van der Waals surface area (Å²) in [6, 6.07) is 0. The van der Waals surface area contributed by atoms with Gasteiger partial charge in [0.15, 0.2) is 0 Å². The summed E-state index contributed by atoms with van der Waals surface area (Å²) in [5.41, 5.74) is 0.335. The zero-order chi connectivity index (χ0) is 16.6. The first-order valence-electron chi connectivity index (χ1n) is 8.54. The fourth-order valence-electron chi connectivity index (χ4n) is 2.27. The van der Waals surface area contributed by atoms with Gasteiger partial charge in [0.1, 0.15) is 0 Å². The van der Waals surface area contributed by atoms with E-state index in [0.717, 1.165) is 52.9 Å². The second-order valence-electron chi connectivity index (χ2n) is 8.05. The number of hydrogen-bond donors (Lipinski definition) is 4. The molecule has 0 amide bonds. The monoisotopic (exact) mass is 314 g/mol. The molecule has 0 aliphatic carbocycles. The third kappa shape index (κ3) is 7.85. The Kier molecular flexibility index (Phi) is 8.24. The maximum absolute atomic E-state index is 3.54. The molecule has 22 heavy (non-hydrogen) atoms. The van der Waals surface area contributed by atoms with Gasteiger partial charge in [0.05, 0.1) is 0 Å². The summed E-state index contributed by atoms with van der Waals surface area (Å²) in [6.45, 7) is 21.1. The highest BCUT2D eigenvalue weighted by Crippen LogP contribution is 2.11. The van der Waals surface area contributed by atoms with Gasteiger partial charge in [-0.25, -0.2) is 0 Å². The first-order chi connectivity index (χ1) is 10.2. The van der Waals surface area contributed by atoms with Crippen LogP contribution in [0.4, 0.5) is 0 Å². The first kappa shape index (κ1) is 19.8. The highest BCUT2D eigenvalue weighted by atomic mass is 15.3. The van der Waals surface area contributed by atoms with E-state index in [1.165, 1.54) is 0 Å². The van der Waals surface area contributed by atoms with Gasteiger partial charge in [0, 0.05) is 63.9 Å². The Morgan fingerprint density at radius 3 is 0.909 bits per heavy atom. The molecule has 1 aliphatic heterocycles. The number of hydrogen-bond acceptors (Lipinski definition) is 6. The summed E-state index contributed by atoms with van der Waals surface area (Å²) >= 11 is 0. The predicted octanol–water partition coefficient (Wildman–Crippen LogP) is 0.389. The maximum Gasteiger partial charge on any atom is 0.0498 e. The molecule has 1 aliphatic rings. The van der Waals surface area contributed by atoms with Crippen molar-refractivity contribution in [2.45, 2.75) is 52.6 Å². The average molecular weight is 315 g/mol. The summed E-state index contributed by atoms with van der Waals surface area (Å²) in [4.78, 5) is 4.86. The molecule has 0 radical (unpaired) electrons. The van der Waals surface area contributed by atoms with Crippen LogP contribution in [0, 0.1) is 0 Å². The lowest BCUT2D eigenvalue weighted by atomic mass is 10.1. The Labute approximate surface area is 137 Å². The molecule has 0 saturated carbocycles. The lowest BCUT2D eigenvalue weighted by Crippen LogP contribution is -2.54. The smallest absolute Gasteiger partial charge is 0.0498 e. The van der Waals surface area contributed by atoms with Crippen molar-refractivity contribution in [3.63, 3.8) is 0 Å².